The number of anilines is 1. The fourth-order valence-corrected chi connectivity index (χ4v) is 3.74. The third-order valence-electron chi connectivity index (χ3n) is 3.50. The predicted octanol–water partition coefficient (Wildman–Crippen LogP) is 1.18. The third kappa shape index (κ3) is 2.55. The first-order valence-corrected chi connectivity index (χ1v) is 8.91. The number of aromatic nitrogens is 2. The highest BCUT2D eigenvalue weighted by atomic mass is 79.9. The maximum Gasteiger partial charge on any atom is 0.211 e. The summed E-state index contributed by atoms with van der Waals surface area (Å²) >= 11 is 3.50. The van der Waals surface area contributed by atoms with Crippen molar-refractivity contribution in [2.24, 2.45) is 0 Å². The third-order valence-corrected chi connectivity index (χ3v) is 5.26. The minimum absolute atomic E-state index is 0.515. The summed E-state index contributed by atoms with van der Waals surface area (Å²) < 4.78 is 27.6. The van der Waals surface area contributed by atoms with Gasteiger partial charge in [-0.1, -0.05) is 15.9 Å². The maximum atomic E-state index is 11.5. The lowest BCUT2D eigenvalue weighted by molar-refractivity contribution is 0.386. The quantitative estimate of drug-likeness (QED) is 0.808. The van der Waals surface area contributed by atoms with Crippen LogP contribution in [0.5, 0.6) is 0 Å². The summed E-state index contributed by atoms with van der Waals surface area (Å²) in [6.07, 6.45) is 4.84. The lowest BCUT2D eigenvalue weighted by Gasteiger charge is -2.35. The zero-order chi connectivity index (χ0) is 14.3. The Kier molecular flexibility index (Phi) is 3.47. The summed E-state index contributed by atoms with van der Waals surface area (Å²) in [5.74, 6) is 1.03. The van der Waals surface area contributed by atoms with Gasteiger partial charge in [-0.15, -0.1) is 0 Å². The molecule has 8 heteroatoms. The number of halogens is 1. The average Bonchev–Trinajstić information content (AvgIpc) is 2.85. The molecule has 2 aromatic rings. The van der Waals surface area contributed by atoms with Gasteiger partial charge in [-0.05, 0) is 12.1 Å². The van der Waals surface area contributed by atoms with Gasteiger partial charge in [-0.2, -0.15) is 4.31 Å². The standard InChI is InChI=1S/C12H15BrN4O2S/c1-20(18,19)16-4-2-15(3-5-16)12-7-10(13)6-11-8-14-9-17(11)12/h6-9H,2-5H2,1H3. The van der Waals surface area contributed by atoms with E-state index >= 15 is 0 Å². The normalized spacial score (nSPS) is 17.8. The maximum absolute atomic E-state index is 11.5. The van der Waals surface area contributed by atoms with Crippen molar-refractivity contribution in [1.82, 2.24) is 13.7 Å². The van der Waals surface area contributed by atoms with Gasteiger partial charge in [0.15, 0.2) is 0 Å². The fraction of sp³-hybridized carbons (Fsp3) is 0.417. The van der Waals surface area contributed by atoms with Crippen molar-refractivity contribution in [3.63, 3.8) is 0 Å². The van der Waals surface area contributed by atoms with Crippen LogP contribution in [0.25, 0.3) is 5.52 Å². The minimum atomic E-state index is -3.09. The summed E-state index contributed by atoms with van der Waals surface area (Å²) in [5.41, 5.74) is 1.01. The zero-order valence-corrected chi connectivity index (χ0v) is 13.4. The number of imidazole rings is 1. The number of fused-ring (bicyclic) bond motifs is 1. The van der Waals surface area contributed by atoms with E-state index in [9.17, 15) is 8.42 Å². The van der Waals surface area contributed by atoms with Gasteiger partial charge in [0.25, 0.3) is 0 Å². The Balaban J connectivity index is 1.89. The van der Waals surface area contributed by atoms with Crippen LogP contribution in [0.3, 0.4) is 0 Å². The number of hydrogen-bond donors (Lipinski definition) is 0. The topological polar surface area (TPSA) is 57.9 Å². The van der Waals surface area contributed by atoms with Gasteiger partial charge < -0.3 is 4.90 Å². The zero-order valence-electron chi connectivity index (χ0n) is 11.0. The summed E-state index contributed by atoms with van der Waals surface area (Å²) in [6.45, 7) is 2.39. The molecular weight excluding hydrogens is 344 g/mol. The Morgan fingerprint density at radius 2 is 1.90 bits per heavy atom. The van der Waals surface area contributed by atoms with Crippen LogP contribution in [0.15, 0.2) is 29.1 Å². The summed E-state index contributed by atoms with van der Waals surface area (Å²) in [4.78, 5) is 6.34. The molecule has 0 saturated carbocycles. The van der Waals surface area contributed by atoms with Crippen LogP contribution in [-0.4, -0.2) is 54.5 Å². The molecule has 0 aliphatic carbocycles. The van der Waals surface area contributed by atoms with E-state index in [0.717, 1.165) is 15.8 Å². The van der Waals surface area contributed by atoms with Crippen molar-refractivity contribution in [1.29, 1.82) is 0 Å². The molecule has 6 nitrogen and oxygen atoms in total. The molecule has 0 bridgehead atoms. The molecule has 0 amide bonds. The Morgan fingerprint density at radius 3 is 2.55 bits per heavy atom. The van der Waals surface area contributed by atoms with E-state index in [4.69, 9.17) is 0 Å². The van der Waals surface area contributed by atoms with E-state index in [2.05, 4.69) is 25.8 Å². The van der Waals surface area contributed by atoms with E-state index in [1.165, 1.54) is 10.6 Å². The van der Waals surface area contributed by atoms with Crippen LogP contribution in [0, 0.1) is 0 Å². The van der Waals surface area contributed by atoms with E-state index in [1.807, 2.05) is 16.5 Å². The van der Waals surface area contributed by atoms with Crippen LogP contribution in [0.2, 0.25) is 0 Å². The second-order valence-corrected chi connectivity index (χ2v) is 7.77. The Bertz CT molecular complexity index is 735. The molecule has 0 spiro atoms. The molecule has 1 aliphatic rings. The SMILES string of the molecule is CS(=O)(=O)N1CCN(c2cc(Br)cc3cncn23)CC1. The van der Waals surface area contributed by atoms with E-state index < -0.39 is 10.0 Å². The fourth-order valence-electron chi connectivity index (χ4n) is 2.47. The van der Waals surface area contributed by atoms with Gasteiger partial charge in [0.05, 0.1) is 18.0 Å². The molecule has 3 rings (SSSR count). The Labute approximate surface area is 126 Å². The molecule has 108 valence electrons. The number of rotatable bonds is 2. The van der Waals surface area contributed by atoms with Crippen molar-refractivity contribution in [2.75, 3.05) is 37.3 Å². The van der Waals surface area contributed by atoms with Gasteiger partial charge in [0, 0.05) is 30.7 Å². The van der Waals surface area contributed by atoms with Crippen molar-refractivity contribution in [3.05, 3.63) is 29.1 Å². The largest absolute Gasteiger partial charge is 0.355 e. The molecule has 0 radical (unpaired) electrons. The molecule has 1 saturated heterocycles. The summed E-state index contributed by atoms with van der Waals surface area (Å²) in [7, 11) is -3.09. The van der Waals surface area contributed by atoms with Crippen LogP contribution in [0.4, 0.5) is 5.82 Å². The van der Waals surface area contributed by atoms with Crippen LogP contribution < -0.4 is 4.90 Å². The van der Waals surface area contributed by atoms with E-state index in [0.29, 0.717) is 26.2 Å². The Hall–Kier alpha value is -1.12. The van der Waals surface area contributed by atoms with Gasteiger partial charge in [-0.3, -0.25) is 4.40 Å². The smallest absolute Gasteiger partial charge is 0.211 e. The highest BCUT2D eigenvalue weighted by Gasteiger charge is 2.24. The van der Waals surface area contributed by atoms with Crippen molar-refractivity contribution in [3.8, 4) is 0 Å². The van der Waals surface area contributed by atoms with Gasteiger partial charge in [0.1, 0.15) is 12.1 Å². The second kappa shape index (κ2) is 5.01. The van der Waals surface area contributed by atoms with Crippen molar-refractivity contribution >= 4 is 37.3 Å². The summed E-state index contributed by atoms with van der Waals surface area (Å²) in [6, 6.07) is 4.04. The molecule has 1 fully saturated rings. The number of nitrogens with zero attached hydrogens (tertiary/aromatic N) is 4. The van der Waals surface area contributed by atoms with E-state index in [-0.39, 0.29) is 0 Å². The second-order valence-electron chi connectivity index (χ2n) is 4.87. The highest BCUT2D eigenvalue weighted by molar-refractivity contribution is 9.10. The predicted molar refractivity (Wildman–Crippen MR) is 81.5 cm³/mol. The minimum Gasteiger partial charge on any atom is -0.355 e. The van der Waals surface area contributed by atoms with Crippen LogP contribution in [-0.2, 0) is 10.0 Å². The number of sulfonamides is 1. The van der Waals surface area contributed by atoms with Crippen molar-refractivity contribution in [2.45, 2.75) is 0 Å². The van der Waals surface area contributed by atoms with Gasteiger partial charge >= 0.3 is 0 Å². The van der Waals surface area contributed by atoms with Crippen LogP contribution >= 0.6 is 15.9 Å². The number of pyridine rings is 1. The molecule has 2 aromatic heterocycles. The number of piperazine rings is 1. The lowest BCUT2D eigenvalue weighted by Crippen LogP contribution is -2.48. The molecule has 0 N–H and O–H groups in total. The first kappa shape index (κ1) is 13.8. The molecule has 3 heterocycles. The van der Waals surface area contributed by atoms with Gasteiger partial charge in [-0.25, -0.2) is 13.4 Å². The molecule has 0 aromatic carbocycles. The van der Waals surface area contributed by atoms with E-state index in [1.54, 1.807) is 12.5 Å². The molecule has 1 aliphatic heterocycles. The molecular formula is C12H15BrN4O2S. The van der Waals surface area contributed by atoms with Gasteiger partial charge in [0.2, 0.25) is 10.0 Å². The highest BCUT2D eigenvalue weighted by Crippen LogP contribution is 2.24. The Morgan fingerprint density at radius 1 is 1.20 bits per heavy atom. The monoisotopic (exact) mass is 358 g/mol. The van der Waals surface area contributed by atoms with Crippen LogP contribution in [0.1, 0.15) is 0 Å². The number of hydrogen-bond acceptors (Lipinski definition) is 4. The molecule has 0 unspecified atom stereocenters. The average molecular weight is 359 g/mol. The summed E-state index contributed by atoms with van der Waals surface area (Å²) in [5, 5.41) is 0. The molecule has 20 heavy (non-hydrogen) atoms. The lowest BCUT2D eigenvalue weighted by atomic mass is 10.3. The first-order chi connectivity index (χ1) is 9.45. The van der Waals surface area contributed by atoms with Crippen molar-refractivity contribution < 1.29 is 8.42 Å². The molecule has 0 atom stereocenters. The first-order valence-electron chi connectivity index (χ1n) is 6.27.